The fourth-order valence-corrected chi connectivity index (χ4v) is 4.07. The molecule has 2 N–H and O–H groups in total. The van der Waals surface area contributed by atoms with Gasteiger partial charge in [-0.1, -0.05) is 0 Å². The number of nitrogens with zero attached hydrogens (tertiary/aromatic N) is 1. The molecule has 5 nitrogen and oxygen atoms in total. The molecule has 0 aliphatic carbocycles. The molecular formula is C17H27N3O2S. The highest BCUT2D eigenvalue weighted by atomic mass is 32.1. The Bertz CT molecular complexity index is 564. The Morgan fingerprint density at radius 3 is 2.35 bits per heavy atom. The molecule has 2 heterocycles. The SMILES string of the molecule is Cc1cc([C@H](C)NC(=O)N[C@@H](C)C(=O)N2CCCCC2)c(C)s1. The first kappa shape index (κ1) is 17.8. The summed E-state index contributed by atoms with van der Waals surface area (Å²) < 4.78 is 0. The third-order valence-corrected chi connectivity index (χ3v) is 5.26. The van der Waals surface area contributed by atoms with Gasteiger partial charge in [-0.15, -0.1) is 11.3 Å². The monoisotopic (exact) mass is 337 g/mol. The zero-order valence-electron chi connectivity index (χ0n) is 14.4. The molecule has 0 spiro atoms. The van der Waals surface area contributed by atoms with Crippen molar-refractivity contribution in [2.24, 2.45) is 0 Å². The van der Waals surface area contributed by atoms with Crippen molar-refractivity contribution in [3.05, 3.63) is 21.4 Å². The molecule has 3 amide bonds. The normalized spacial score (nSPS) is 17.5. The number of hydrogen-bond acceptors (Lipinski definition) is 3. The number of piperidine rings is 1. The Morgan fingerprint density at radius 2 is 1.78 bits per heavy atom. The number of hydrogen-bond donors (Lipinski definition) is 2. The molecule has 6 heteroatoms. The summed E-state index contributed by atoms with van der Waals surface area (Å²) in [5.74, 6) is 0.00932. The maximum atomic E-state index is 12.3. The summed E-state index contributed by atoms with van der Waals surface area (Å²) in [6, 6.07) is 1.24. The minimum Gasteiger partial charge on any atom is -0.341 e. The van der Waals surface area contributed by atoms with E-state index in [4.69, 9.17) is 0 Å². The van der Waals surface area contributed by atoms with Crippen LogP contribution in [-0.4, -0.2) is 36.0 Å². The van der Waals surface area contributed by atoms with Crippen LogP contribution >= 0.6 is 11.3 Å². The number of carbonyl (C=O) groups is 2. The molecule has 2 rings (SSSR count). The smallest absolute Gasteiger partial charge is 0.315 e. The molecule has 0 unspecified atom stereocenters. The fraction of sp³-hybridized carbons (Fsp3) is 0.647. The lowest BCUT2D eigenvalue weighted by Crippen LogP contribution is -2.51. The second kappa shape index (κ2) is 7.81. The van der Waals surface area contributed by atoms with E-state index >= 15 is 0 Å². The van der Waals surface area contributed by atoms with Crippen LogP contribution in [0.1, 0.15) is 54.5 Å². The van der Waals surface area contributed by atoms with Gasteiger partial charge in [0.05, 0.1) is 6.04 Å². The molecule has 1 aromatic heterocycles. The Kier molecular flexibility index (Phi) is 6.04. The lowest BCUT2D eigenvalue weighted by atomic mass is 10.1. The Morgan fingerprint density at radius 1 is 1.13 bits per heavy atom. The molecule has 23 heavy (non-hydrogen) atoms. The minimum absolute atomic E-state index is 0.00932. The lowest BCUT2D eigenvalue weighted by Gasteiger charge is -2.29. The van der Waals surface area contributed by atoms with Gasteiger partial charge in [0.15, 0.2) is 0 Å². The molecule has 128 valence electrons. The van der Waals surface area contributed by atoms with Gasteiger partial charge in [0.2, 0.25) is 5.91 Å². The topological polar surface area (TPSA) is 61.4 Å². The van der Waals surface area contributed by atoms with Crippen molar-refractivity contribution in [2.75, 3.05) is 13.1 Å². The van der Waals surface area contributed by atoms with Crippen LogP contribution in [0.4, 0.5) is 4.79 Å². The Hall–Kier alpha value is -1.56. The largest absolute Gasteiger partial charge is 0.341 e. The molecule has 0 radical (unpaired) electrons. The number of urea groups is 1. The van der Waals surface area contributed by atoms with Crippen LogP contribution in [0.5, 0.6) is 0 Å². The van der Waals surface area contributed by atoms with E-state index in [1.807, 2.05) is 11.8 Å². The van der Waals surface area contributed by atoms with E-state index < -0.39 is 6.04 Å². The number of carbonyl (C=O) groups excluding carboxylic acids is 2. The molecule has 1 aliphatic rings. The average Bonchev–Trinajstić information content (AvgIpc) is 2.86. The summed E-state index contributed by atoms with van der Waals surface area (Å²) in [4.78, 5) is 28.8. The van der Waals surface area contributed by atoms with Crippen molar-refractivity contribution < 1.29 is 9.59 Å². The molecule has 0 bridgehead atoms. The first-order valence-corrected chi connectivity index (χ1v) is 9.13. The van der Waals surface area contributed by atoms with Gasteiger partial charge >= 0.3 is 6.03 Å². The molecular weight excluding hydrogens is 310 g/mol. The number of aryl methyl sites for hydroxylation is 2. The maximum absolute atomic E-state index is 12.3. The quantitative estimate of drug-likeness (QED) is 0.887. The van der Waals surface area contributed by atoms with Crippen LogP contribution in [-0.2, 0) is 4.79 Å². The van der Waals surface area contributed by atoms with Crippen molar-refractivity contribution in [3.8, 4) is 0 Å². The number of nitrogens with one attached hydrogen (secondary N) is 2. The van der Waals surface area contributed by atoms with Crippen LogP contribution in [0.15, 0.2) is 6.07 Å². The van der Waals surface area contributed by atoms with Gasteiger partial charge in [-0.2, -0.15) is 0 Å². The van der Waals surface area contributed by atoms with Gasteiger partial charge in [0, 0.05) is 22.8 Å². The van der Waals surface area contributed by atoms with Crippen molar-refractivity contribution >= 4 is 23.3 Å². The van der Waals surface area contributed by atoms with E-state index in [2.05, 4.69) is 30.5 Å². The molecule has 1 aromatic rings. The van der Waals surface area contributed by atoms with Gasteiger partial charge in [0.25, 0.3) is 0 Å². The van der Waals surface area contributed by atoms with Crippen molar-refractivity contribution in [1.29, 1.82) is 0 Å². The predicted octanol–water partition coefficient (Wildman–Crippen LogP) is 3.13. The maximum Gasteiger partial charge on any atom is 0.315 e. The highest BCUT2D eigenvalue weighted by Gasteiger charge is 2.24. The highest BCUT2D eigenvalue weighted by Crippen LogP contribution is 2.25. The van der Waals surface area contributed by atoms with E-state index in [0.29, 0.717) is 0 Å². The van der Waals surface area contributed by atoms with Gasteiger partial charge in [-0.05, 0) is 58.6 Å². The van der Waals surface area contributed by atoms with Crippen LogP contribution in [0, 0.1) is 13.8 Å². The zero-order valence-corrected chi connectivity index (χ0v) is 15.3. The third-order valence-electron chi connectivity index (χ3n) is 4.28. The van der Waals surface area contributed by atoms with Crippen molar-refractivity contribution in [2.45, 2.75) is 59.0 Å². The number of amides is 3. The van der Waals surface area contributed by atoms with Crippen LogP contribution < -0.4 is 10.6 Å². The van der Waals surface area contributed by atoms with E-state index in [1.54, 1.807) is 18.3 Å². The standard InChI is InChI=1S/C17H27N3O2S/c1-11-10-15(14(4)23-11)12(2)18-17(22)19-13(3)16(21)20-8-6-5-7-9-20/h10,12-13H,5-9H2,1-4H3,(H2,18,19,22)/t12-,13-/m0/s1. The molecule has 0 saturated carbocycles. The van der Waals surface area contributed by atoms with Gasteiger partial charge < -0.3 is 15.5 Å². The summed E-state index contributed by atoms with van der Waals surface area (Å²) in [6.45, 7) is 9.44. The second-order valence-electron chi connectivity index (χ2n) is 6.32. The second-order valence-corrected chi connectivity index (χ2v) is 7.78. The fourth-order valence-electron chi connectivity index (χ4n) is 3.04. The molecule has 2 atom stereocenters. The van der Waals surface area contributed by atoms with Gasteiger partial charge in [0.1, 0.15) is 6.04 Å². The zero-order chi connectivity index (χ0) is 17.0. The number of rotatable bonds is 4. The van der Waals surface area contributed by atoms with E-state index in [9.17, 15) is 9.59 Å². The molecule has 1 aliphatic heterocycles. The van der Waals surface area contributed by atoms with E-state index in [0.717, 1.165) is 31.5 Å². The summed E-state index contributed by atoms with van der Waals surface area (Å²) >= 11 is 1.73. The third kappa shape index (κ3) is 4.70. The summed E-state index contributed by atoms with van der Waals surface area (Å²) in [5.41, 5.74) is 1.14. The molecule has 1 fully saturated rings. The Labute approximate surface area is 142 Å². The first-order valence-electron chi connectivity index (χ1n) is 8.31. The molecule has 0 aromatic carbocycles. The van der Waals surface area contributed by atoms with Crippen LogP contribution in [0.2, 0.25) is 0 Å². The highest BCUT2D eigenvalue weighted by molar-refractivity contribution is 7.12. The van der Waals surface area contributed by atoms with Gasteiger partial charge in [-0.25, -0.2) is 4.79 Å². The van der Waals surface area contributed by atoms with Gasteiger partial charge in [-0.3, -0.25) is 4.79 Å². The predicted molar refractivity (Wildman–Crippen MR) is 93.8 cm³/mol. The van der Waals surface area contributed by atoms with Crippen LogP contribution in [0.25, 0.3) is 0 Å². The summed E-state index contributed by atoms with van der Waals surface area (Å²) in [6.07, 6.45) is 3.29. The molecule has 1 saturated heterocycles. The summed E-state index contributed by atoms with van der Waals surface area (Å²) in [7, 11) is 0. The van der Waals surface area contributed by atoms with E-state index in [1.165, 1.54) is 16.2 Å². The minimum atomic E-state index is -0.495. The number of likely N-dealkylation sites (tertiary alicyclic amines) is 1. The first-order chi connectivity index (χ1) is 10.9. The van der Waals surface area contributed by atoms with Crippen molar-refractivity contribution in [3.63, 3.8) is 0 Å². The Balaban J connectivity index is 1.85. The summed E-state index contributed by atoms with van der Waals surface area (Å²) in [5, 5.41) is 5.69. The van der Waals surface area contributed by atoms with Crippen molar-refractivity contribution in [1.82, 2.24) is 15.5 Å². The van der Waals surface area contributed by atoms with E-state index in [-0.39, 0.29) is 18.0 Å². The lowest BCUT2D eigenvalue weighted by molar-refractivity contribution is -0.133. The number of thiophene rings is 1. The average molecular weight is 337 g/mol. The van der Waals surface area contributed by atoms with Crippen LogP contribution in [0.3, 0.4) is 0 Å².